The highest BCUT2D eigenvalue weighted by Crippen LogP contribution is 2.47. The molecule has 0 N–H and O–H groups in total. The molecule has 0 aromatic carbocycles. The second kappa shape index (κ2) is 33.8. The van der Waals surface area contributed by atoms with Crippen LogP contribution in [0.5, 0.6) is 0 Å². The Labute approximate surface area is 532 Å². The van der Waals surface area contributed by atoms with Gasteiger partial charge in [-0.2, -0.15) is 0 Å². The van der Waals surface area contributed by atoms with Gasteiger partial charge in [0.15, 0.2) is 16.6 Å². The first kappa shape index (κ1) is 76.8. The molecule has 498 valence electrons. The maximum Gasteiger partial charge on any atom is 0.329 e. The summed E-state index contributed by atoms with van der Waals surface area (Å²) in [4.78, 5) is 77.1. The van der Waals surface area contributed by atoms with Gasteiger partial charge < -0.3 is 37.1 Å². The third kappa shape index (κ3) is 19.7. The predicted molar refractivity (Wildman–Crippen MR) is 361 cm³/mol. The number of fused-ring (bicyclic) bond motifs is 3. The Hall–Kier alpha value is -2.68. The molecule has 4 rings (SSSR count). The van der Waals surface area contributed by atoms with Gasteiger partial charge in [-0.25, -0.2) is 4.79 Å². The molecule has 3 aliphatic heterocycles. The SMILES string of the molecule is CC[Si](CC)(CC)O[C@@]12O[C@@H](CC[C@H]1C)C[C@H](OC)/C(C)=C/C=C/C=C\[C@@H](C)C[C@@H](C)C(=O)C[C@H](O[Si](C)(C)C(C)(C)C)/C(C)=C/[C@@H](C)C(=O)C[C@@H]([C@H](C)C[C@@H]1CC[C@@H](O[Si](C(C)C)(C(C)C)C(C)C)[C@H](OC)C1)OC(=O)[C@@H]1CCCCN1C(=O)C2=O. The number of hydrogen-bond donors (Lipinski definition) is 0. The third-order valence-corrected chi connectivity index (χ3v) is 36.9. The minimum absolute atomic E-state index is 0.0273. The molecular weight excluding hydrogens is 1140 g/mol. The van der Waals surface area contributed by atoms with Crippen LogP contribution < -0.4 is 0 Å². The normalized spacial score (nSPS) is 33.4. The Bertz CT molecular complexity index is 2340. The lowest BCUT2D eigenvalue weighted by Crippen LogP contribution is -2.65. The monoisotopic (exact) mass is 1270 g/mol. The molecule has 0 aromatic rings. The standard InChI is InChI=1S/C71H125NO12Si3/c1-24-86(25-2,26-3)84-71-56(16)35-37-58(81-71)44-63(78-20)51(11)33-29-27-28-32-50(10)40-52(12)61(74)46-65(82-85(22,23)70(17,18)19)54(14)41-53(13)60(73)45-64(80-69(77)59-34-30-31-39-72(59)68(76)67(71)75)55(15)42-57-36-38-62(66(43-57)79-21)83-87(47(4)5,48(6)7)49(8)9/h27-29,32-33,41,47-50,52-53,55-59,62-66H,24-26,30-31,34-40,42-46H2,1-23H3/b29-27+,32-28-,51-33+,54-41+/t50-,52-,53-,55-,56-,57+,58+,59+,62-,63+,64+,65+,66-,71+/m1/s1. The number of esters is 1. The molecule has 1 aliphatic carbocycles. The first-order chi connectivity index (χ1) is 40.6. The van der Waals surface area contributed by atoms with Crippen molar-refractivity contribution >= 4 is 54.2 Å². The number of ketones is 3. The van der Waals surface area contributed by atoms with Crippen LogP contribution in [-0.2, 0) is 56.2 Å². The summed E-state index contributed by atoms with van der Waals surface area (Å²) in [5.74, 6) is -5.26. The molecule has 16 heteroatoms. The molecule has 3 heterocycles. The second-order valence-corrected chi connectivity index (χ2v) is 44.7. The molecule has 4 aliphatic rings. The number of carbonyl (C=O) groups is 5. The van der Waals surface area contributed by atoms with Gasteiger partial charge in [-0.3, -0.25) is 19.2 Å². The molecule has 0 aromatic heterocycles. The lowest BCUT2D eigenvalue weighted by atomic mass is 9.78. The van der Waals surface area contributed by atoms with Crippen LogP contribution in [0.3, 0.4) is 0 Å². The van der Waals surface area contributed by atoms with E-state index in [1.54, 1.807) is 14.2 Å². The van der Waals surface area contributed by atoms with Crippen molar-refractivity contribution < 1.29 is 56.2 Å². The van der Waals surface area contributed by atoms with E-state index in [4.69, 9.17) is 32.2 Å². The van der Waals surface area contributed by atoms with Crippen molar-refractivity contribution in [2.45, 2.75) is 316 Å². The highest BCUT2D eigenvalue weighted by atomic mass is 28.4. The Kier molecular flexibility index (Phi) is 29.8. The highest BCUT2D eigenvalue weighted by Gasteiger charge is 2.58. The smallest absolute Gasteiger partial charge is 0.329 e. The van der Waals surface area contributed by atoms with Gasteiger partial charge in [-0.15, -0.1) is 0 Å². The van der Waals surface area contributed by atoms with E-state index >= 15 is 19.2 Å². The Morgan fingerprint density at radius 3 is 1.91 bits per heavy atom. The maximum atomic E-state index is 15.7. The lowest BCUT2D eigenvalue weighted by Gasteiger charge is -2.49. The van der Waals surface area contributed by atoms with Crippen molar-refractivity contribution in [2.24, 2.45) is 35.5 Å². The molecule has 0 unspecified atom stereocenters. The molecule has 2 bridgehead atoms. The van der Waals surface area contributed by atoms with E-state index < -0.39 is 84.6 Å². The summed E-state index contributed by atoms with van der Waals surface area (Å²) < 4.78 is 48.0. The van der Waals surface area contributed by atoms with E-state index in [1.807, 2.05) is 65.0 Å². The minimum atomic E-state index is -2.65. The van der Waals surface area contributed by atoms with Crippen molar-refractivity contribution in [3.8, 4) is 0 Å². The van der Waals surface area contributed by atoms with Crippen molar-refractivity contribution in [1.29, 1.82) is 0 Å². The van der Waals surface area contributed by atoms with Crippen LogP contribution in [0.4, 0.5) is 0 Å². The van der Waals surface area contributed by atoms with Gasteiger partial charge in [0.05, 0.1) is 30.5 Å². The minimum Gasteiger partial charge on any atom is -0.460 e. The number of cyclic esters (lactones) is 1. The average Bonchev–Trinajstić information content (AvgIpc) is 1.50. The zero-order chi connectivity index (χ0) is 65.6. The van der Waals surface area contributed by atoms with Crippen molar-refractivity contribution in [2.75, 3.05) is 20.8 Å². The van der Waals surface area contributed by atoms with Gasteiger partial charge in [0.25, 0.3) is 11.7 Å². The molecule has 0 spiro atoms. The fourth-order valence-corrected chi connectivity index (χ4v) is 24.5. The maximum absolute atomic E-state index is 15.7. The summed E-state index contributed by atoms with van der Waals surface area (Å²) >= 11 is 0. The van der Waals surface area contributed by atoms with E-state index in [0.717, 1.165) is 48.5 Å². The number of piperidine rings is 1. The number of ether oxygens (including phenoxy) is 4. The molecule has 1 saturated carbocycles. The zero-order valence-electron chi connectivity index (χ0n) is 59.1. The number of allylic oxidation sites excluding steroid dienone is 6. The summed E-state index contributed by atoms with van der Waals surface area (Å²) in [6, 6.07) is 1.14. The zero-order valence-corrected chi connectivity index (χ0v) is 62.1. The molecule has 3 fully saturated rings. The van der Waals surface area contributed by atoms with Crippen LogP contribution in [-0.4, -0.2) is 128 Å². The van der Waals surface area contributed by atoms with Crippen molar-refractivity contribution in [3.63, 3.8) is 0 Å². The van der Waals surface area contributed by atoms with Crippen LogP contribution >= 0.6 is 0 Å². The fourth-order valence-electron chi connectivity index (χ4n) is 14.7. The molecule has 87 heavy (non-hydrogen) atoms. The number of rotatable bonds is 17. The van der Waals surface area contributed by atoms with Gasteiger partial charge >= 0.3 is 5.97 Å². The number of amides is 1. The van der Waals surface area contributed by atoms with Gasteiger partial charge in [0.2, 0.25) is 14.1 Å². The number of carbonyl (C=O) groups excluding carboxylic acids is 5. The summed E-state index contributed by atoms with van der Waals surface area (Å²) in [7, 11) is -3.81. The van der Waals surface area contributed by atoms with E-state index in [9.17, 15) is 4.79 Å². The van der Waals surface area contributed by atoms with E-state index in [0.29, 0.717) is 68.0 Å². The molecule has 13 nitrogen and oxygen atoms in total. The number of Topliss-reactive ketones (excluding diaryl/α,β-unsaturated/α-hetero) is 3. The Morgan fingerprint density at radius 1 is 0.701 bits per heavy atom. The first-order valence-corrected chi connectivity index (χ1v) is 41.8. The molecule has 0 radical (unpaired) electrons. The average molecular weight is 1270 g/mol. The fraction of sp³-hybridized carbons (Fsp3) is 0.817. The quantitative estimate of drug-likeness (QED) is 0.0589. The molecule has 1 amide bonds. The van der Waals surface area contributed by atoms with Crippen LogP contribution in [0, 0.1) is 35.5 Å². The van der Waals surface area contributed by atoms with Crippen LogP contribution in [0.1, 0.15) is 215 Å². The Balaban J connectivity index is 1.86. The topological polar surface area (TPSA) is 153 Å². The third-order valence-electron chi connectivity index (χ3n) is 21.7. The van der Waals surface area contributed by atoms with Crippen LogP contribution in [0.2, 0.25) is 52.9 Å². The van der Waals surface area contributed by atoms with Gasteiger partial charge in [0.1, 0.15) is 23.7 Å². The van der Waals surface area contributed by atoms with Crippen LogP contribution in [0.25, 0.3) is 0 Å². The number of methoxy groups -OCH3 is 2. The predicted octanol–water partition coefficient (Wildman–Crippen LogP) is 16.8. The first-order valence-electron chi connectivity index (χ1n) is 34.2. The summed E-state index contributed by atoms with van der Waals surface area (Å²) in [6.07, 6.45) is 17.0. The van der Waals surface area contributed by atoms with E-state index in [-0.39, 0.29) is 78.0 Å². The lowest BCUT2D eigenvalue weighted by molar-refractivity contribution is -0.257. The summed E-state index contributed by atoms with van der Waals surface area (Å²) in [5, 5.41) is -0.132. The van der Waals surface area contributed by atoms with Gasteiger partial charge in [0, 0.05) is 57.8 Å². The van der Waals surface area contributed by atoms with Crippen LogP contribution in [0.15, 0.2) is 47.6 Å². The van der Waals surface area contributed by atoms with E-state index in [2.05, 4.69) is 116 Å². The summed E-state index contributed by atoms with van der Waals surface area (Å²) in [6.45, 7) is 45.4. The molecular formula is C71H125NO12Si3. The van der Waals surface area contributed by atoms with Crippen molar-refractivity contribution in [1.82, 2.24) is 4.90 Å². The number of nitrogens with zero attached hydrogens (tertiary/aromatic N) is 1. The van der Waals surface area contributed by atoms with Gasteiger partial charge in [-0.05, 0) is 160 Å². The molecule has 14 atom stereocenters. The van der Waals surface area contributed by atoms with Crippen molar-refractivity contribution in [3.05, 3.63) is 47.6 Å². The largest absolute Gasteiger partial charge is 0.460 e. The van der Waals surface area contributed by atoms with Gasteiger partial charge in [-0.1, -0.05) is 154 Å². The Morgan fingerprint density at radius 2 is 1.33 bits per heavy atom. The van der Waals surface area contributed by atoms with E-state index in [1.165, 1.54) is 4.90 Å². The highest BCUT2D eigenvalue weighted by molar-refractivity contribution is 6.77. The number of hydrogen-bond acceptors (Lipinski definition) is 12. The second-order valence-electron chi connectivity index (χ2n) is 29.8. The summed E-state index contributed by atoms with van der Waals surface area (Å²) in [5.41, 5.74) is 3.10. The molecule has 2 saturated heterocycles.